The molecule has 1 N–H and O–H groups in total. The summed E-state index contributed by atoms with van der Waals surface area (Å²) in [6.45, 7) is 2.61. The Kier molecular flexibility index (Phi) is 6.89. The maximum absolute atomic E-state index is 11.9. The van der Waals surface area contributed by atoms with Crippen LogP contribution in [0, 0.1) is 5.92 Å². The highest BCUT2D eigenvalue weighted by Crippen LogP contribution is 2.10. The van der Waals surface area contributed by atoms with E-state index in [0.29, 0.717) is 12.5 Å². The monoisotopic (exact) mass is 333 g/mol. The number of halogens is 1. The van der Waals surface area contributed by atoms with Crippen molar-refractivity contribution in [3.63, 3.8) is 0 Å². The molecule has 0 aliphatic rings. The second-order valence-corrected chi connectivity index (χ2v) is 6.94. The van der Waals surface area contributed by atoms with Crippen molar-refractivity contribution in [2.24, 2.45) is 5.92 Å². The zero-order valence-corrected chi connectivity index (χ0v) is 13.0. The average molecular weight is 334 g/mol. The van der Waals surface area contributed by atoms with Gasteiger partial charge in [0.2, 0.25) is 10.0 Å². The van der Waals surface area contributed by atoms with Gasteiger partial charge in [-0.05, 0) is 17.9 Å². The normalized spacial score (nSPS) is 13.4. The lowest BCUT2D eigenvalue weighted by Gasteiger charge is -2.14. The van der Waals surface area contributed by atoms with Gasteiger partial charge in [0.15, 0.2) is 0 Å². The van der Waals surface area contributed by atoms with Gasteiger partial charge in [0.25, 0.3) is 0 Å². The molecule has 0 aromatic heterocycles. The third-order valence-electron chi connectivity index (χ3n) is 2.89. The summed E-state index contributed by atoms with van der Waals surface area (Å²) in [6.07, 6.45) is 1.98. The molecule has 0 radical (unpaired) electrons. The van der Waals surface area contributed by atoms with Crippen LogP contribution in [-0.4, -0.2) is 20.3 Å². The highest BCUT2D eigenvalue weighted by atomic mass is 79.9. The molecule has 0 aliphatic heterocycles. The molecule has 3 nitrogen and oxygen atoms in total. The summed E-state index contributed by atoms with van der Waals surface area (Å²) < 4.78 is 26.5. The van der Waals surface area contributed by atoms with Crippen LogP contribution >= 0.6 is 15.9 Å². The molecule has 0 heterocycles. The van der Waals surface area contributed by atoms with E-state index in [-0.39, 0.29) is 5.75 Å². The van der Waals surface area contributed by atoms with Gasteiger partial charge in [-0.1, -0.05) is 59.6 Å². The zero-order valence-electron chi connectivity index (χ0n) is 10.6. The lowest BCUT2D eigenvalue weighted by Crippen LogP contribution is -2.30. The highest BCUT2D eigenvalue weighted by Gasteiger charge is 2.13. The Balaban J connectivity index is 2.50. The summed E-state index contributed by atoms with van der Waals surface area (Å²) >= 11 is 3.39. The van der Waals surface area contributed by atoms with Crippen LogP contribution < -0.4 is 4.72 Å². The molecule has 1 aromatic carbocycles. The van der Waals surface area contributed by atoms with Crippen LogP contribution in [0.2, 0.25) is 0 Å². The van der Waals surface area contributed by atoms with Crippen LogP contribution in [0.5, 0.6) is 0 Å². The molecule has 1 aromatic rings. The first-order valence-corrected chi connectivity index (χ1v) is 8.92. The number of nitrogens with one attached hydrogen (secondary N) is 1. The first-order chi connectivity index (χ1) is 8.57. The number of sulfonamides is 1. The summed E-state index contributed by atoms with van der Waals surface area (Å²) in [5.74, 6) is 0.452. The molecule has 0 saturated heterocycles. The molecule has 0 saturated carbocycles. The van der Waals surface area contributed by atoms with Crippen LogP contribution in [0.25, 0.3) is 0 Å². The molecule has 18 heavy (non-hydrogen) atoms. The molecular formula is C13H20BrNO2S. The number of benzene rings is 1. The molecule has 0 amide bonds. The fourth-order valence-corrected chi connectivity index (χ4v) is 3.56. The zero-order chi connectivity index (χ0) is 13.4. The maximum atomic E-state index is 11.9. The van der Waals surface area contributed by atoms with Gasteiger partial charge in [0, 0.05) is 11.9 Å². The number of hydrogen-bond acceptors (Lipinski definition) is 2. The van der Waals surface area contributed by atoms with Crippen LogP contribution in [0.3, 0.4) is 0 Å². The Hall–Kier alpha value is -0.390. The first kappa shape index (κ1) is 15.7. The Labute approximate surface area is 118 Å². The van der Waals surface area contributed by atoms with Gasteiger partial charge >= 0.3 is 0 Å². The molecule has 0 spiro atoms. The van der Waals surface area contributed by atoms with Gasteiger partial charge < -0.3 is 0 Å². The minimum absolute atomic E-state index is 0.0542. The molecule has 0 aliphatic carbocycles. The Morgan fingerprint density at radius 1 is 1.28 bits per heavy atom. The van der Waals surface area contributed by atoms with Crippen molar-refractivity contribution in [1.82, 2.24) is 4.72 Å². The van der Waals surface area contributed by atoms with E-state index in [9.17, 15) is 8.42 Å². The molecule has 1 unspecified atom stereocenters. The standard InChI is InChI=1S/C13H20BrNO2S/c1-2-12(8-9-14)10-15-18(16,17)11-13-6-4-3-5-7-13/h3-7,12,15H,2,8-11H2,1H3. The largest absolute Gasteiger partial charge is 0.215 e. The van der Waals surface area contributed by atoms with Crippen LogP contribution in [-0.2, 0) is 15.8 Å². The van der Waals surface area contributed by atoms with Crippen molar-refractivity contribution in [3.8, 4) is 0 Å². The molecule has 0 bridgehead atoms. The summed E-state index contributed by atoms with van der Waals surface area (Å²) in [5.41, 5.74) is 0.818. The van der Waals surface area contributed by atoms with Crippen molar-refractivity contribution < 1.29 is 8.42 Å². The van der Waals surface area contributed by atoms with Gasteiger partial charge in [-0.25, -0.2) is 13.1 Å². The Morgan fingerprint density at radius 2 is 1.94 bits per heavy atom. The SMILES string of the molecule is CCC(CCBr)CNS(=O)(=O)Cc1ccccc1. The second-order valence-electron chi connectivity index (χ2n) is 4.35. The Bertz CT molecular complexity index is 434. The summed E-state index contributed by atoms with van der Waals surface area (Å²) in [6, 6.07) is 9.24. The van der Waals surface area contributed by atoms with Gasteiger partial charge in [0.05, 0.1) is 5.75 Å². The van der Waals surface area contributed by atoms with Gasteiger partial charge in [-0.2, -0.15) is 0 Å². The van der Waals surface area contributed by atoms with Crippen molar-refractivity contribution in [3.05, 3.63) is 35.9 Å². The quantitative estimate of drug-likeness (QED) is 0.743. The lowest BCUT2D eigenvalue weighted by molar-refractivity contribution is 0.483. The first-order valence-electron chi connectivity index (χ1n) is 6.14. The van der Waals surface area contributed by atoms with E-state index in [1.807, 2.05) is 30.3 Å². The second kappa shape index (κ2) is 7.92. The summed E-state index contributed by atoms with van der Waals surface area (Å²) in [7, 11) is -3.22. The van der Waals surface area contributed by atoms with E-state index in [2.05, 4.69) is 27.6 Å². The maximum Gasteiger partial charge on any atom is 0.215 e. The number of rotatable bonds is 8. The fourth-order valence-electron chi connectivity index (χ4n) is 1.69. The summed E-state index contributed by atoms with van der Waals surface area (Å²) in [5, 5.41) is 0.909. The third-order valence-corrected chi connectivity index (χ3v) is 4.66. The van der Waals surface area contributed by atoms with E-state index < -0.39 is 10.0 Å². The molecular weight excluding hydrogens is 314 g/mol. The van der Waals surface area contributed by atoms with E-state index in [1.165, 1.54) is 0 Å². The molecule has 1 rings (SSSR count). The number of alkyl halides is 1. The van der Waals surface area contributed by atoms with Gasteiger partial charge in [-0.3, -0.25) is 0 Å². The topological polar surface area (TPSA) is 46.2 Å². The smallest absolute Gasteiger partial charge is 0.215 e. The van der Waals surface area contributed by atoms with Crippen LogP contribution in [0.1, 0.15) is 25.3 Å². The molecule has 102 valence electrons. The highest BCUT2D eigenvalue weighted by molar-refractivity contribution is 9.09. The minimum atomic E-state index is -3.22. The summed E-state index contributed by atoms with van der Waals surface area (Å²) in [4.78, 5) is 0. The molecule has 0 fully saturated rings. The van der Waals surface area contributed by atoms with Crippen molar-refractivity contribution in [1.29, 1.82) is 0 Å². The predicted molar refractivity (Wildman–Crippen MR) is 79.3 cm³/mol. The van der Waals surface area contributed by atoms with Crippen molar-refractivity contribution in [2.45, 2.75) is 25.5 Å². The average Bonchev–Trinajstić information content (AvgIpc) is 2.35. The Morgan fingerprint density at radius 3 is 2.50 bits per heavy atom. The van der Waals surface area contributed by atoms with Crippen molar-refractivity contribution in [2.75, 3.05) is 11.9 Å². The molecule has 1 atom stereocenters. The fraction of sp³-hybridized carbons (Fsp3) is 0.538. The van der Waals surface area contributed by atoms with Crippen LogP contribution in [0.4, 0.5) is 0 Å². The van der Waals surface area contributed by atoms with E-state index in [4.69, 9.17) is 0 Å². The van der Waals surface area contributed by atoms with Crippen molar-refractivity contribution >= 4 is 26.0 Å². The number of hydrogen-bond donors (Lipinski definition) is 1. The van der Waals surface area contributed by atoms with Crippen LogP contribution in [0.15, 0.2) is 30.3 Å². The van der Waals surface area contributed by atoms with Gasteiger partial charge in [-0.15, -0.1) is 0 Å². The van der Waals surface area contributed by atoms with E-state index in [0.717, 1.165) is 23.7 Å². The predicted octanol–water partition coefficient (Wildman–Crippen LogP) is 2.92. The minimum Gasteiger partial charge on any atom is -0.215 e. The van der Waals surface area contributed by atoms with E-state index >= 15 is 0 Å². The van der Waals surface area contributed by atoms with Gasteiger partial charge in [0.1, 0.15) is 0 Å². The van der Waals surface area contributed by atoms with E-state index in [1.54, 1.807) is 0 Å². The lowest BCUT2D eigenvalue weighted by atomic mass is 10.0. The third kappa shape index (κ3) is 5.98. The molecule has 5 heteroatoms.